The Balaban J connectivity index is 1.56. The van der Waals surface area contributed by atoms with Gasteiger partial charge in [0.15, 0.2) is 0 Å². The number of hydrogen-bond donors (Lipinski definition) is 2. The molecule has 1 saturated heterocycles. The minimum absolute atomic E-state index is 0.797. The summed E-state index contributed by atoms with van der Waals surface area (Å²) in [4.78, 5) is 0. The monoisotopic (exact) mass is 345 g/mol. The van der Waals surface area contributed by atoms with Gasteiger partial charge in [0, 0.05) is 20.0 Å². The van der Waals surface area contributed by atoms with Crippen LogP contribution in [0.1, 0.15) is 38.5 Å². The Morgan fingerprint density at radius 1 is 0.917 bits per heavy atom. The van der Waals surface area contributed by atoms with E-state index in [1.807, 2.05) is 0 Å². The molecule has 4 atom stereocenters. The van der Waals surface area contributed by atoms with E-state index in [0.29, 0.717) is 0 Å². The standard InChI is InChI=1S/C20H35N3Si/c1-24(2,23-14-21-13-22-15-23)20-12-19(16-8-4-3-5-9-16)17-10-6-7-11-18(17)20/h6-7,10-11,16-22H,3-5,8-9,12-15H2,1-2H3/t17?,18?,19-,20?/m1/s1. The van der Waals surface area contributed by atoms with Crippen molar-refractivity contribution >= 4 is 8.24 Å². The van der Waals surface area contributed by atoms with E-state index in [2.05, 4.69) is 52.6 Å². The van der Waals surface area contributed by atoms with Crippen LogP contribution in [0.3, 0.4) is 0 Å². The number of hydrogen-bond acceptors (Lipinski definition) is 3. The van der Waals surface area contributed by atoms with E-state index in [-0.39, 0.29) is 0 Å². The van der Waals surface area contributed by atoms with E-state index < -0.39 is 8.24 Å². The summed E-state index contributed by atoms with van der Waals surface area (Å²) < 4.78 is 2.76. The van der Waals surface area contributed by atoms with Crippen LogP contribution in [0.15, 0.2) is 24.3 Å². The van der Waals surface area contributed by atoms with Crippen LogP contribution in [0.25, 0.3) is 0 Å². The van der Waals surface area contributed by atoms with Crippen molar-refractivity contribution in [2.24, 2.45) is 23.7 Å². The maximum atomic E-state index is 3.53. The van der Waals surface area contributed by atoms with E-state index in [4.69, 9.17) is 0 Å². The fourth-order valence-corrected chi connectivity index (χ4v) is 9.71. The minimum Gasteiger partial charge on any atom is -0.299 e. The number of fused-ring (bicyclic) bond motifs is 1. The second kappa shape index (κ2) is 7.06. The Labute approximate surface area is 149 Å². The molecule has 0 amide bonds. The molecule has 2 N–H and O–H groups in total. The SMILES string of the molecule is C[Si](C)(C1C[C@H](C2CCCCC2)C2C=CC=CC21)N1CNCNC1. The molecule has 0 spiro atoms. The lowest BCUT2D eigenvalue weighted by molar-refractivity contribution is 0.216. The zero-order chi connectivity index (χ0) is 16.6. The maximum absolute atomic E-state index is 3.53. The molecule has 2 saturated carbocycles. The first kappa shape index (κ1) is 17.0. The van der Waals surface area contributed by atoms with Crippen LogP contribution >= 0.6 is 0 Å². The maximum Gasteiger partial charge on any atom is 0.128 e. The molecule has 4 rings (SSSR count). The molecule has 0 aromatic carbocycles. The predicted molar refractivity (Wildman–Crippen MR) is 104 cm³/mol. The van der Waals surface area contributed by atoms with Gasteiger partial charge in [-0.2, -0.15) is 0 Å². The molecule has 134 valence electrons. The fraction of sp³-hybridized carbons (Fsp3) is 0.800. The van der Waals surface area contributed by atoms with Crippen molar-refractivity contribution < 1.29 is 0 Å². The van der Waals surface area contributed by atoms with Gasteiger partial charge < -0.3 is 0 Å². The first-order valence-corrected chi connectivity index (χ1v) is 13.2. The zero-order valence-electron chi connectivity index (χ0n) is 15.5. The average molecular weight is 346 g/mol. The summed E-state index contributed by atoms with van der Waals surface area (Å²) in [5.41, 5.74) is 0.900. The lowest BCUT2D eigenvalue weighted by Gasteiger charge is -2.45. The normalized spacial score (nSPS) is 38.4. The van der Waals surface area contributed by atoms with Gasteiger partial charge in [-0.15, -0.1) is 0 Å². The fourth-order valence-electron chi connectivity index (χ4n) is 6.08. The molecular formula is C20H35N3Si. The molecular weight excluding hydrogens is 310 g/mol. The van der Waals surface area contributed by atoms with Crippen molar-refractivity contribution in [1.82, 2.24) is 15.2 Å². The van der Waals surface area contributed by atoms with Crippen LogP contribution in [0, 0.1) is 23.7 Å². The van der Waals surface area contributed by atoms with Crippen molar-refractivity contribution in [2.75, 3.05) is 20.0 Å². The third-order valence-corrected chi connectivity index (χ3v) is 11.9. The summed E-state index contributed by atoms with van der Waals surface area (Å²) in [6.45, 7) is 8.37. The topological polar surface area (TPSA) is 27.3 Å². The van der Waals surface area contributed by atoms with Gasteiger partial charge in [-0.25, -0.2) is 0 Å². The summed E-state index contributed by atoms with van der Waals surface area (Å²) in [6, 6.07) is 0. The molecule has 0 bridgehead atoms. The van der Waals surface area contributed by atoms with Gasteiger partial charge in [-0.05, 0) is 35.6 Å². The molecule has 3 aliphatic carbocycles. The summed E-state index contributed by atoms with van der Waals surface area (Å²) in [5, 5.41) is 7.06. The molecule has 1 heterocycles. The molecule has 3 fully saturated rings. The zero-order valence-corrected chi connectivity index (χ0v) is 16.5. The first-order chi connectivity index (χ1) is 11.7. The second-order valence-corrected chi connectivity index (χ2v) is 13.7. The van der Waals surface area contributed by atoms with Gasteiger partial charge in [0.05, 0.1) is 0 Å². The highest BCUT2D eigenvalue weighted by atomic mass is 28.3. The first-order valence-electron chi connectivity index (χ1n) is 10.2. The number of nitrogens with one attached hydrogen (secondary N) is 2. The summed E-state index contributed by atoms with van der Waals surface area (Å²) in [5.74, 6) is 3.56. The highest BCUT2D eigenvalue weighted by Crippen LogP contribution is 2.56. The van der Waals surface area contributed by atoms with Crippen molar-refractivity contribution in [2.45, 2.75) is 57.2 Å². The van der Waals surface area contributed by atoms with Crippen LogP contribution in [0.5, 0.6) is 0 Å². The van der Waals surface area contributed by atoms with Gasteiger partial charge >= 0.3 is 0 Å². The van der Waals surface area contributed by atoms with E-state index >= 15 is 0 Å². The quantitative estimate of drug-likeness (QED) is 0.760. The van der Waals surface area contributed by atoms with Gasteiger partial charge in [-0.3, -0.25) is 15.2 Å². The Kier molecular flexibility index (Phi) is 5.01. The van der Waals surface area contributed by atoms with Gasteiger partial charge in [0.1, 0.15) is 8.24 Å². The molecule has 0 aromatic heterocycles. The van der Waals surface area contributed by atoms with Crippen LogP contribution in [-0.4, -0.2) is 32.8 Å². The van der Waals surface area contributed by atoms with Crippen LogP contribution in [0.4, 0.5) is 0 Å². The third kappa shape index (κ3) is 3.07. The van der Waals surface area contributed by atoms with E-state index in [1.54, 1.807) is 0 Å². The molecule has 4 heteroatoms. The molecule has 1 aliphatic heterocycles. The smallest absolute Gasteiger partial charge is 0.128 e. The summed E-state index contributed by atoms with van der Waals surface area (Å²) in [7, 11) is -1.46. The van der Waals surface area contributed by atoms with Crippen LogP contribution in [0.2, 0.25) is 18.6 Å². The van der Waals surface area contributed by atoms with Crippen LogP contribution in [-0.2, 0) is 0 Å². The Morgan fingerprint density at radius 2 is 1.58 bits per heavy atom. The lowest BCUT2D eigenvalue weighted by Crippen LogP contribution is -2.63. The molecule has 3 unspecified atom stereocenters. The van der Waals surface area contributed by atoms with Crippen LogP contribution < -0.4 is 10.6 Å². The molecule has 4 aliphatic rings. The van der Waals surface area contributed by atoms with E-state index in [9.17, 15) is 0 Å². The molecule has 3 nitrogen and oxygen atoms in total. The van der Waals surface area contributed by atoms with Crippen molar-refractivity contribution in [3.8, 4) is 0 Å². The highest BCUT2D eigenvalue weighted by Gasteiger charge is 2.52. The van der Waals surface area contributed by atoms with Crippen molar-refractivity contribution in [3.05, 3.63) is 24.3 Å². The molecule has 0 radical (unpaired) electrons. The van der Waals surface area contributed by atoms with Gasteiger partial charge in [0.25, 0.3) is 0 Å². The predicted octanol–water partition coefficient (Wildman–Crippen LogP) is 3.89. The largest absolute Gasteiger partial charge is 0.299 e. The Morgan fingerprint density at radius 3 is 2.29 bits per heavy atom. The second-order valence-electron chi connectivity index (χ2n) is 9.02. The molecule has 0 aromatic rings. The van der Waals surface area contributed by atoms with Gasteiger partial charge in [0.2, 0.25) is 0 Å². The van der Waals surface area contributed by atoms with Crippen molar-refractivity contribution in [1.29, 1.82) is 0 Å². The average Bonchev–Trinajstić information content (AvgIpc) is 3.04. The number of rotatable bonds is 3. The molecule has 24 heavy (non-hydrogen) atoms. The Bertz CT molecular complexity index is 489. The van der Waals surface area contributed by atoms with E-state index in [1.165, 1.54) is 38.5 Å². The number of allylic oxidation sites excluding steroid dienone is 4. The van der Waals surface area contributed by atoms with E-state index in [0.717, 1.165) is 49.2 Å². The third-order valence-electron chi connectivity index (χ3n) is 7.54. The van der Waals surface area contributed by atoms with Crippen molar-refractivity contribution in [3.63, 3.8) is 0 Å². The Hall–Kier alpha value is -0.423. The summed E-state index contributed by atoms with van der Waals surface area (Å²) >= 11 is 0. The highest BCUT2D eigenvalue weighted by molar-refractivity contribution is 6.76. The summed E-state index contributed by atoms with van der Waals surface area (Å²) in [6.07, 6.45) is 18.7. The minimum atomic E-state index is -1.46. The lowest BCUT2D eigenvalue weighted by atomic mass is 9.73. The van der Waals surface area contributed by atoms with Gasteiger partial charge in [-0.1, -0.05) is 69.5 Å². The number of nitrogens with zero attached hydrogens (tertiary/aromatic N) is 1.